The molecule has 0 bridgehead atoms. The zero-order chi connectivity index (χ0) is 12.2. The Morgan fingerprint density at radius 2 is 1.75 bits per heavy atom. The van der Waals surface area contributed by atoms with Gasteiger partial charge < -0.3 is 0 Å². The molecule has 0 rings (SSSR count). The van der Waals surface area contributed by atoms with Crippen LogP contribution < -0.4 is 0 Å². The van der Waals surface area contributed by atoms with Crippen LogP contribution in [0.3, 0.4) is 0 Å². The van der Waals surface area contributed by atoms with Crippen LogP contribution >= 0.6 is 0 Å². The number of rotatable bonds is 10. The Balaban J connectivity index is 3.56. The van der Waals surface area contributed by atoms with Crippen LogP contribution in [0.1, 0.15) is 71.6 Å². The van der Waals surface area contributed by atoms with E-state index in [1.807, 2.05) is 13.0 Å². The average molecular weight is 223 g/mol. The fraction of sp³-hybridized carbons (Fsp3) is 0.857. The van der Waals surface area contributed by atoms with Gasteiger partial charge in [-0.3, -0.25) is 4.79 Å². The lowest BCUT2D eigenvalue weighted by Gasteiger charge is -2.11. The van der Waals surface area contributed by atoms with E-state index in [4.69, 9.17) is 5.26 Å². The smallest absolute Gasteiger partial charge is 0.149 e. The summed E-state index contributed by atoms with van der Waals surface area (Å²) in [4.78, 5) is 11.5. The molecule has 16 heavy (non-hydrogen) atoms. The lowest BCUT2D eigenvalue weighted by atomic mass is 9.92. The molecule has 1 unspecified atom stereocenters. The minimum atomic E-state index is 0.0916. The summed E-state index contributed by atoms with van der Waals surface area (Å²) in [6.45, 7) is 4.25. The first kappa shape index (κ1) is 15.2. The zero-order valence-electron chi connectivity index (χ0n) is 10.8. The highest BCUT2D eigenvalue weighted by atomic mass is 16.1. The second-order valence-electron chi connectivity index (χ2n) is 4.46. The van der Waals surface area contributed by atoms with Crippen molar-refractivity contribution < 1.29 is 4.79 Å². The normalized spacial score (nSPS) is 12.1. The Kier molecular flexibility index (Phi) is 10.1. The lowest BCUT2D eigenvalue weighted by Crippen LogP contribution is -2.12. The molecule has 2 nitrogen and oxygen atoms in total. The van der Waals surface area contributed by atoms with Crippen molar-refractivity contribution in [2.75, 3.05) is 0 Å². The summed E-state index contributed by atoms with van der Waals surface area (Å²) in [5, 5.41) is 8.48. The Morgan fingerprint density at radius 3 is 2.31 bits per heavy atom. The van der Waals surface area contributed by atoms with Gasteiger partial charge in [0.2, 0.25) is 0 Å². The van der Waals surface area contributed by atoms with Crippen LogP contribution in [-0.4, -0.2) is 5.78 Å². The van der Waals surface area contributed by atoms with Crippen LogP contribution in [0.5, 0.6) is 0 Å². The quantitative estimate of drug-likeness (QED) is 0.519. The van der Waals surface area contributed by atoms with Gasteiger partial charge in [-0.1, -0.05) is 52.4 Å². The summed E-state index contributed by atoms with van der Waals surface area (Å²) in [6, 6.07) is 1.95. The summed E-state index contributed by atoms with van der Waals surface area (Å²) in [6.07, 6.45) is 9.53. The molecule has 0 N–H and O–H groups in total. The van der Waals surface area contributed by atoms with E-state index in [0.29, 0.717) is 0 Å². The molecule has 0 aromatic rings. The summed E-state index contributed by atoms with van der Waals surface area (Å²) in [5.74, 6) is 0.268. The molecule has 0 aliphatic carbocycles. The summed E-state index contributed by atoms with van der Waals surface area (Å²) in [7, 11) is 0. The van der Waals surface area contributed by atoms with Crippen LogP contribution in [0.4, 0.5) is 0 Å². The minimum Gasteiger partial charge on any atom is -0.298 e. The molecule has 0 aliphatic heterocycles. The molecule has 2 heteroatoms. The molecular weight excluding hydrogens is 198 g/mol. The van der Waals surface area contributed by atoms with E-state index in [1.54, 1.807) is 0 Å². The summed E-state index contributed by atoms with van der Waals surface area (Å²) in [5.41, 5.74) is 0. The Hall–Kier alpha value is -0.840. The SMILES string of the molecule is CCCCCCCCC(CC)C(=O)CC#N. The third-order valence-electron chi connectivity index (χ3n) is 3.11. The van der Waals surface area contributed by atoms with Gasteiger partial charge in [-0.2, -0.15) is 5.26 Å². The highest BCUT2D eigenvalue weighted by molar-refractivity contribution is 5.82. The molecule has 0 fully saturated rings. The second kappa shape index (κ2) is 10.7. The van der Waals surface area contributed by atoms with Crippen LogP contribution in [0, 0.1) is 17.2 Å². The highest BCUT2D eigenvalue weighted by Crippen LogP contribution is 2.17. The Morgan fingerprint density at radius 1 is 1.12 bits per heavy atom. The summed E-state index contributed by atoms with van der Waals surface area (Å²) < 4.78 is 0. The van der Waals surface area contributed by atoms with Gasteiger partial charge in [0.15, 0.2) is 0 Å². The molecule has 0 saturated carbocycles. The second-order valence-corrected chi connectivity index (χ2v) is 4.46. The topological polar surface area (TPSA) is 40.9 Å². The lowest BCUT2D eigenvalue weighted by molar-refractivity contribution is -0.122. The largest absolute Gasteiger partial charge is 0.298 e. The maximum Gasteiger partial charge on any atom is 0.149 e. The van der Waals surface area contributed by atoms with E-state index in [1.165, 1.54) is 32.1 Å². The Labute approximate surface area is 100 Å². The molecule has 0 spiro atoms. The third kappa shape index (κ3) is 7.45. The fourth-order valence-electron chi connectivity index (χ4n) is 1.99. The van der Waals surface area contributed by atoms with E-state index in [-0.39, 0.29) is 18.1 Å². The van der Waals surface area contributed by atoms with Gasteiger partial charge in [0, 0.05) is 5.92 Å². The van der Waals surface area contributed by atoms with Crippen LogP contribution in [0.2, 0.25) is 0 Å². The zero-order valence-corrected chi connectivity index (χ0v) is 10.8. The molecule has 0 aliphatic rings. The number of unbranched alkanes of at least 4 members (excludes halogenated alkanes) is 5. The number of hydrogen-bond donors (Lipinski definition) is 0. The summed E-state index contributed by atoms with van der Waals surface area (Å²) >= 11 is 0. The average Bonchev–Trinajstić information content (AvgIpc) is 2.28. The monoisotopic (exact) mass is 223 g/mol. The number of nitriles is 1. The van der Waals surface area contributed by atoms with Crippen LogP contribution in [-0.2, 0) is 4.79 Å². The third-order valence-corrected chi connectivity index (χ3v) is 3.11. The molecule has 0 saturated heterocycles. The number of Topliss-reactive ketones (excluding diaryl/α,β-unsaturated/α-hetero) is 1. The van der Waals surface area contributed by atoms with Crippen molar-refractivity contribution in [1.82, 2.24) is 0 Å². The van der Waals surface area contributed by atoms with Crippen molar-refractivity contribution in [2.45, 2.75) is 71.6 Å². The molecular formula is C14H25NO. The first-order valence-corrected chi connectivity index (χ1v) is 6.65. The standard InChI is InChI=1S/C14H25NO/c1-3-5-6-7-8-9-10-13(4-2)14(16)11-12-15/h13H,3-11H2,1-2H3. The van der Waals surface area contributed by atoms with Crippen molar-refractivity contribution >= 4 is 5.78 Å². The molecule has 0 amide bonds. The van der Waals surface area contributed by atoms with E-state index >= 15 is 0 Å². The first-order valence-electron chi connectivity index (χ1n) is 6.65. The minimum absolute atomic E-state index is 0.0916. The predicted molar refractivity (Wildman–Crippen MR) is 67.0 cm³/mol. The molecule has 1 atom stereocenters. The first-order chi connectivity index (χ1) is 7.76. The maximum atomic E-state index is 11.5. The van der Waals surface area contributed by atoms with Gasteiger partial charge in [-0.25, -0.2) is 0 Å². The number of ketones is 1. The van der Waals surface area contributed by atoms with Crippen molar-refractivity contribution in [3.05, 3.63) is 0 Å². The molecule has 0 aromatic carbocycles. The fourth-order valence-corrected chi connectivity index (χ4v) is 1.99. The number of hydrogen-bond acceptors (Lipinski definition) is 2. The number of carbonyl (C=O) groups excluding carboxylic acids is 1. The van der Waals surface area contributed by atoms with E-state index in [0.717, 1.165) is 19.3 Å². The maximum absolute atomic E-state index is 11.5. The van der Waals surface area contributed by atoms with Crippen molar-refractivity contribution in [2.24, 2.45) is 5.92 Å². The molecule has 0 radical (unpaired) electrons. The predicted octanol–water partition coefficient (Wildman–Crippen LogP) is 4.25. The molecule has 0 heterocycles. The van der Waals surface area contributed by atoms with Gasteiger partial charge in [0.1, 0.15) is 5.78 Å². The number of carbonyl (C=O) groups is 1. The van der Waals surface area contributed by atoms with Gasteiger partial charge in [0.25, 0.3) is 0 Å². The van der Waals surface area contributed by atoms with Crippen molar-refractivity contribution in [3.8, 4) is 6.07 Å². The Bertz CT molecular complexity index is 217. The van der Waals surface area contributed by atoms with Crippen molar-refractivity contribution in [1.29, 1.82) is 5.26 Å². The molecule has 92 valence electrons. The van der Waals surface area contributed by atoms with Crippen LogP contribution in [0.15, 0.2) is 0 Å². The van der Waals surface area contributed by atoms with Gasteiger partial charge in [0.05, 0.1) is 12.5 Å². The van der Waals surface area contributed by atoms with E-state index in [9.17, 15) is 4.79 Å². The highest BCUT2D eigenvalue weighted by Gasteiger charge is 2.14. The van der Waals surface area contributed by atoms with Gasteiger partial charge >= 0.3 is 0 Å². The van der Waals surface area contributed by atoms with E-state index in [2.05, 4.69) is 6.92 Å². The molecule has 0 aromatic heterocycles. The van der Waals surface area contributed by atoms with Gasteiger partial charge in [-0.15, -0.1) is 0 Å². The van der Waals surface area contributed by atoms with Crippen molar-refractivity contribution in [3.63, 3.8) is 0 Å². The van der Waals surface area contributed by atoms with E-state index < -0.39 is 0 Å². The number of nitrogens with zero attached hydrogens (tertiary/aromatic N) is 1. The van der Waals surface area contributed by atoms with Gasteiger partial charge in [-0.05, 0) is 12.8 Å². The van der Waals surface area contributed by atoms with Crippen LogP contribution in [0.25, 0.3) is 0 Å².